The molecule has 1 N–H and O–H groups in total. The van der Waals surface area contributed by atoms with E-state index in [0.29, 0.717) is 17.1 Å². The number of hydrogen-bond donors (Lipinski definition) is 1. The van der Waals surface area contributed by atoms with Gasteiger partial charge < -0.3 is 14.4 Å². The average molecular weight is 268 g/mol. The highest BCUT2D eigenvalue weighted by Crippen LogP contribution is 2.31. The molecule has 0 saturated carbocycles. The number of hydrogen-bond acceptors (Lipinski definition) is 5. The quantitative estimate of drug-likeness (QED) is 0.790. The van der Waals surface area contributed by atoms with Gasteiger partial charge in [0.2, 0.25) is 5.82 Å². The first kappa shape index (κ1) is 12.2. The van der Waals surface area contributed by atoms with Crippen LogP contribution in [-0.4, -0.2) is 22.4 Å². The molecule has 0 bridgehead atoms. The molecular formula is C15H12N2O3. The summed E-state index contributed by atoms with van der Waals surface area (Å²) in [6.07, 6.45) is 0. The number of rotatable bonds is 3. The highest BCUT2D eigenvalue weighted by Gasteiger charge is 2.15. The van der Waals surface area contributed by atoms with Gasteiger partial charge in [-0.05, 0) is 24.3 Å². The van der Waals surface area contributed by atoms with Gasteiger partial charge in [0.05, 0.1) is 18.2 Å². The Kier molecular flexibility index (Phi) is 3.09. The first-order valence-electron chi connectivity index (χ1n) is 6.05. The lowest BCUT2D eigenvalue weighted by molar-refractivity contribution is 0.412. The van der Waals surface area contributed by atoms with E-state index in [0.717, 1.165) is 5.56 Å². The molecule has 0 fully saturated rings. The Labute approximate surface area is 115 Å². The van der Waals surface area contributed by atoms with Crippen LogP contribution in [0.4, 0.5) is 0 Å². The van der Waals surface area contributed by atoms with Gasteiger partial charge in [0.15, 0.2) is 0 Å². The second-order valence-electron chi connectivity index (χ2n) is 4.14. The molecule has 0 saturated heterocycles. The highest BCUT2D eigenvalue weighted by atomic mass is 16.5. The van der Waals surface area contributed by atoms with Gasteiger partial charge in [-0.25, -0.2) is 0 Å². The normalized spacial score (nSPS) is 10.4. The number of phenols is 1. The number of methoxy groups -OCH3 is 1. The molecule has 0 aliphatic carbocycles. The van der Waals surface area contributed by atoms with E-state index in [1.54, 1.807) is 31.4 Å². The van der Waals surface area contributed by atoms with Crippen LogP contribution in [0, 0.1) is 0 Å². The van der Waals surface area contributed by atoms with Crippen LogP contribution >= 0.6 is 0 Å². The number of nitrogens with zero attached hydrogens (tertiary/aromatic N) is 2. The Hall–Kier alpha value is -2.82. The Bertz CT molecular complexity index is 737. The number of ether oxygens (including phenoxy) is 1. The monoisotopic (exact) mass is 268 g/mol. The van der Waals surface area contributed by atoms with Crippen LogP contribution in [0.2, 0.25) is 0 Å². The molecule has 0 spiro atoms. The number of benzene rings is 2. The van der Waals surface area contributed by atoms with E-state index in [4.69, 9.17) is 9.26 Å². The van der Waals surface area contributed by atoms with Crippen molar-refractivity contribution < 1.29 is 14.4 Å². The molecule has 20 heavy (non-hydrogen) atoms. The predicted molar refractivity (Wildman–Crippen MR) is 73.4 cm³/mol. The van der Waals surface area contributed by atoms with E-state index in [-0.39, 0.29) is 11.6 Å². The van der Waals surface area contributed by atoms with Crippen LogP contribution in [0.3, 0.4) is 0 Å². The summed E-state index contributed by atoms with van der Waals surface area (Å²) in [6.45, 7) is 0. The SMILES string of the molecule is COc1ccccc1-c1noc(-c2ccccc2O)n1. The van der Waals surface area contributed by atoms with Crippen molar-refractivity contribution in [2.45, 2.75) is 0 Å². The van der Waals surface area contributed by atoms with Crippen LogP contribution in [0.1, 0.15) is 0 Å². The molecule has 0 radical (unpaired) electrons. The molecule has 3 aromatic rings. The fraction of sp³-hybridized carbons (Fsp3) is 0.0667. The van der Waals surface area contributed by atoms with Crippen molar-refractivity contribution in [1.82, 2.24) is 10.1 Å². The zero-order chi connectivity index (χ0) is 13.9. The van der Waals surface area contributed by atoms with Crippen LogP contribution in [0.25, 0.3) is 22.8 Å². The molecule has 2 aromatic carbocycles. The molecule has 1 aromatic heterocycles. The van der Waals surface area contributed by atoms with Crippen molar-refractivity contribution in [3.8, 4) is 34.3 Å². The molecule has 1 heterocycles. The van der Waals surface area contributed by atoms with Crippen LogP contribution in [0.5, 0.6) is 11.5 Å². The predicted octanol–water partition coefficient (Wildman–Crippen LogP) is 3.12. The maximum absolute atomic E-state index is 9.79. The average Bonchev–Trinajstić information content (AvgIpc) is 2.97. The fourth-order valence-corrected chi connectivity index (χ4v) is 1.93. The van der Waals surface area contributed by atoms with Crippen LogP contribution in [-0.2, 0) is 0 Å². The third-order valence-corrected chi connectivity index (χ3v) is 2.91. The number of para-hydroxylation sites is 2. The number of phenolic OH excluding ortho intramolecular Hbond substituents is 1. The van der Waals surface area contributed by atoms with Gasteiger partial charge >= 0.3 is 0 Å². The standard InChI is InChI=1S/C15H12N2O3/c1-19-13-9-5-3-7-11(13)14-16-15(20-17-14)10-6-2-4-8-12(10)18/h2-9,18H,1H3. The van der Waals surface area contributed by atoms with Crippen molar-refractivity contribution >= 4 is 0 Å². The summed E-state index contributed by atoms with van der Waals surface area (Å²) in [5.74, 6) is 1.45. The Morgan fingerprint density at radius 3 is 2.45 bits per heavy atom. The molecule has 0 aliphatic rings. The Morgan fingerprint density at radius 1 is 1.00 bits per heavy atom. The summed E-state index contributed by atoms with van der Waals surface area (Å²) in [5.41, 5.74) is 1.24. The molecule has 3 rings (SSSR count). The molecule has 5 nitrogen and oxygen atoms in total. The van der Waals surface area contributed by atoms with Crippen molar-refractivity contribution in [2.24, 2.45) is 0 Å². The van der Waals surface area contributed by atoms with Gasteiger partial charge in [-0.15, -0.1) is 0 Å². The molecule has 100 valence electrons. The summed E-state index contributed by atoms with van der Waals surface area (Å²) in [4.78, 5) is 4.30. The number of aromatic hydroxyl groups is 1. The van der Waals surface area contributed by atoms with Gasteiger partial charge in [-0.3, -0.25) is 0 Å². The van der Waals surface area contributed by atoms with E-state index >= 15 is 0 Å². The summed E-state index contributed by atoms with van der Waals surface area (Å²) < 4.78 is 10.5. The Morgan fingerprint density at radius 2 is 1.70 bits per heavy atom. The minimum Gasteiger partial charge on any atom is -0.507 e. The second-order valence-corrected chi connectivity index (χ2v) is 4.14. The van der Waals surface area contributed by atoms with E-state index in [9.17, 15) is 5.11 Å². The third-order valence-electron chi connectivity index (χ3n) is 2.91. The second kappa shape index (κ2) is 5.05. The summed E-state index contributed by atoms with van der Waals surface area (Å²) >= 11 is 0. The van der Waals surface area contributed by atoms with Gasteiger partial charge in [0, 0.05) is 0 Å². The Balaban J connectivity index is 2.05. The molecule has 0 atom stereocenters. The molecule has 0 unspecified atom stereocenters. The van der Waals surface area contributed by atoms with Crippen molar-refractivity contribution in [3.05, 3.63) is 48.5 Å². The van der Waals surface area contributed by atoms with Gasteiger partial charge in [0.1, 0.15) is 11.5 Å². The largest absolute Gasteiger partial charge is 0.507 e. The molecular weight excluding hydrogens is 256 g/mol. The summed E-state index contributed by atoms with van der Waals surface area (Å²) in [5, 5.41) is 13.7. The van der Waals surface area contributed by atoms with E-state index in [2.05, 4.69) is 10.1 Å². The van der Waals surface area contributed by atoms with Crippen molar-refractivity contribution in [1.29, 1.82) is 0 Å². The minimum absolute atomic E-state index is 0.0997. The first-order valence-corrected chi connectivity index (χ1v) is 6.05. The number of aromatic nitrogens is 2. The lowest BCUT2D eigenvalue weighted by Crippen LogP contribution is -1.88. The maximum atomic E-state index is 9.79. The van der Waals surface area contributed by atoms with Crippen molar-refractivity contribution in [3.63, 3.8) is 0 Å². The van der Waals surface area contributed by atoms with E-state index < -0.39 is 0 Å². The fourth-order valence-electron chi connectivity index (χ4n) is 1.93. The summed E-state index contributed by atoms with van der Waals surface area (Å²) in [7, 11) is 1.59. The lowest BCUT2D eigenvalue weighted by Gasteiger charge is -2.03. The molecule has 0 amide bonds. The van der Waals surface area contributed by atoms with Crippen LogP contribution < -0.4 is 4.74 Å². The first-order chi connectivity index (χ1) is 9.79. The van der Waals surface area contributed by atoms with Crippen LogP contribution in [0.15, 0.2) is 53.1 Å². The van der Waals surface area contributed by atoms with Gasteiger partial charge in [-0.1, -0.05) is 29.4 Å². The molecule has 0 aliphatic heterocycles. The zero-order valence-corrected chi connectivity index (χ0v) is 10.8. The lowest BCUT2D eigenvalue weighted by atomic mass is 10.2. The highest BCUT2D eigenvalue weighted by molar-refractivity contribution is 5.67. The maximum Gasteiger partial charge on any atom is 0.262 e. The third kappa shape index (κ3) is 2.09. The smallest absolute Gasteiger partial charge is 0.262 e. The van der Waals surface area contributed by atoms with Gasteiger partial charge in [-0.2, -0.15) is 4.98 Å². The van der Waals surface area contributed by atoms with Crippen molar-refractivity contribution in [2.75, 3.05) is 7.11 Å². The topological polar surface area (TPSA) is 68.4 Å². The zero-order valence-electron chi connectivity index (χ0n) is 10.8. The minimum atomic E-state index is 0.0997. The van der Waals surface area contributed by atoms with E-state index in [1.165, 1.54) is 0 Å². The van der Waals surface area contributed by atoms with E-state index in [1.807, 2.05) is 24.3 Å². The van der Waals surface area contributed by atoms with Gasteiger partial charge in [0.25, 0.3) is 5.89 Å². The molecule has 5 heteroatoms. The summed E-state index contributed by atoms with van der Waals surface area (Å²) in [6, 6.07) is 14.2.